The van der Waals surface area contributed by atoms with Gasteiger partial charge < -0.3 is 19.5 Å². The molecule has 2 aliphatic rings. The second-order valence-electron chi connectivity index (χ2n) is 8.23. The number of Topliss-reactive ketones (excluding diaryl/α,β-unsaturated/α-hetero) is 1. The van der Waals surface area contributed by atoms with Crippen LogP contribution in [0.5, 0.6) is 5.75 Å². The number of nitrogens with one attached hydrogen (secondary N) is 1. The number of fused-ring (bicyclic) bond motifs is 1. The summed E-state index contributed by atoms with van der Waals surface area (Å²) in [6.07, 6.45) is 4.99. The zero-order chi connectivity index (χ0) is 22.3. The summed E-state index contributed by atoms with van der Waals surface area (Å²) in [4.78, 5) is 26.9. The number of anilines is 1. The standard InChI is InChI=1S/C23H27ClFN3O3/c1-13(29)17-12-28(15-4-5-15)20-16(22(17)30)10-19(25)21(23(20)31-3)27-8-6-14(7-9-27)18(24)11-26-2/h10,12,15,26H,4-9,11H2,1-3H3. The van der Waals surface area contributed by atoms with Crippen LogP contribution in [0.25, 0.3) is 10.9 Å². The third-order valence-corrected chi connectivity index (χ3v) is 6.52. The van der Waals surface area contributed by atoms with Gasteiger partial charge in [-0.05, 0) is 45.7 Å². The zero-order valence-electron chi connectivity index (χ0n) is 18.1. The number of aromatic nitrogens is 1. The molecule has 31 heavy (non-hydrogen) atoms. The summed E-state index contributed by atoms with van der Waals surface area (Å²) < 4.78 is 23.0. The van der Waals surface area contributed by atoms with E-state index in [0.29, 0.717) is 36.6 Å². The van der Waals surface area contributed by atoms with Gasteiger partial charge in [-0.15, -0.1) is 0 Å². The average molecular weight is 448 g/mol. The van der Waals surface area contributed by atoms with Crippen molar-refractivity contribution in [3.05, 3.63) is 44.5 Å². The highest BCUT2D eigenvalue weighted by Crippen LogP contribution is 2.44. The number of methoxy groups -OCH3 is 1. The van der Waals surface area contributed by atoms with E-state index in [1.54, 1.807) is 6.20 Å². The van der Waals surface area contributed by atoms with Crippen LogP contribution in [-0.4, -0.2) is 44.1 Å². The van der Waals surface area contributed by atoms with Gasteiger partial charge in [0.25, 0.3) is 0 Å². The van der Waals surface area contributed by atoms with Crippen LogP contribution in [0.3, 0.4) is 0 Å². The van der Waals surface area contributed by atoms with Crippen molar-refractivity contribution in [3.63, 3.8) is 0 Å². The number of pyridine rings is 1. The number of hydrogen-bond donors (Lipinski definition) is 1. The molecule has 166 valence electrons. The van der Waals surface area contributed by atoms with Crippen molar-refractivity contribution < 1.29 is 13.9 Å². The molecule has 2 heterocycles. The molecule has 1 N–H and O–H groups in total. The molecule has 8 heteroatoms. The van der Waals surface area contributed by atoms with E-state index in [4.69, 9.17) is 16.3 Å². The molecule has 1 aromatic heterocycles. The van der Waals surface area contributed by atoms with E-state index < -0.39 is 11.2 Å². The van der Waals surface area contributed by atoms with Crippen molar-refractivity contribution in [2.45, 2.75) is 38.6 Å². The molecule has 0 amide bonds. The Balaban J connectivity index is 1.85. The van der Waals surface area contributed by atoms with Crippen LogP contribution in [0.1, 0.15) is 49.0 Å². The Labute approximate surface area is 185 Å². The molecule has 1 saturated heterocycles. The fraction of sp³-hybridized carbons (Fsp3) is 0.478. The van der Waals surface area contributed by atoms with E-state index in [1.807, 2.05) is 16.5 Å². The molecule has 0 spiro atoms. The molecule has 4 rings (SSSR count). The van der Waals surface area contributed by atoms with Gasteiger partial charge in [-0.3, -0.25) is 9.59 Å². The van der Waals surface area contributed by atoms with E-state index in [0.717, 1.165) is 30.7 Å². The van der Waals surface area contributed by atoms with E-state index in [-0.39, 0.29) is 22.8 Å². The summed E-state index contributed by atoms with van der Waals surface area (Å²) in [6, 6.07) is 1.45. The third-order valence-electron chi connectivity index (χ3n) is 6.12. The fourth-order valence-corrected chi connectivity index (χ4v) is 4.70. The topological polar surface area (TPSA) is 63.6 Å². The largest absolute Gasteiger partial charge is 0.492 e. The Bertz CT molecular complexity index is 1130. The fourth-order valence-electron chi connectivity index (χ4n) is 4.37. The number of halogens is 2. The van der Waals surface area contributed by atoms with Crippen molar-refractivity contribution in [2.75, 3.05) is 38.7 Å². The molecule has 1 saturated carbocycles. The Morgan fingerprint density at radius 3 is 2.55 bits per heavy atom. The third kappa shape index (κ3) is 3.96. The molecule has 2 aromatic rings. The Morgan fingerprint density at radius 1 is 1.32 bits per heavy atom. The molecule has 1 aliphatic heterocycles. The first kappa shape index (κ1) is 21.8. The molecular formula is C23H27ClFN3O3. The number of carbonyl (C=O) groups is 1. The van der Waals surface area contributed by atoms with Crippen LogP contribution in [0.15, 0.2) is 27.7 Å². The van der Waals surface area contributed by atoms with Gasteiger partial charge in [-0.2, -0.15) is 0 Å². The van der Waals surface area contributed by atoms with Gasteiger partial charge in [-0.25, -0.2) is 4.39 Å². The van der Waals surface area contributed by atoms with Gasteiger partial charge in [0.05, 0.1) is 23.6 Å². The van der Waals surface area contributed by atoms with Gasteiger partial charge in [0.2, 0.25) is 0 Å². The zero-order valence-corrected chi connectivity index (χ0v) is 18.8. The highest BCUT2D eigenvalue weighted by atomic mass is 35.5. The quantitative estimate of drug-likeness (QED) is 0.678. The molecule has 0 atom stereocenters. The number of piperidine rings is 1. The van der Waals surface area contributed by atoms with Crippen molar-refractivity contribution in [1.29, 1.82) is 0 Å². The number of nitrogens with zero attached hydrogens (tertiary/aromatic N) is 2. The summed E-state index contributed by atoms with van der Waals surface area (Å²) in [5, 5.41) is 4.06. The normalized spacial score (nSPS) is 16.7. The van der Waals surface area contributed by atoms with E-state index in [9.17, 15) is 9.59 Å². The first-order valence-corrected chi connectivity index (χ1v) is 11.0. The van der Waals surface area contributed by atoms with Gasteiger partial charge in [0.15, 0.2) is 22.8 Å². The van der Waals surface area contributed by atoms with Gasteiger partial charge in [0.1, 0.15) is 5.69 Å². The number of likely N-dealkylation sites (N-methyl/N-ethyl adjacent to an activating group) is 1. The molecule has 0 bridgehead atoms. The van der Waals surface area contributed by atoms with E-state index in [1.165, 1.54) is 25.7 Å². The second-order valence-corrected chi connectivity index (χ2v) is 8.69. The molecule has 1 aliphatic carbocycles. The van der Waals surface area contributed by atoms with E-state index in [2.05, 4.69) is 5.32 Å². The van der Waals surface area contributed by atoms with Crippen LogP contribution < -0.4 is 20.4 Å². The van der Waals surface area contributed by atoms with Crippen molar-refractivity contribution in [2.24, 2.45) is 0 Å². The highest BCUT2D eigenvalue weighted by molar-refractivity contribution is 6.30. The average Bonchev–Trinajstić information content (AvgIpc) is 3.59. The minimum absolute atomic E-state index is 0.0838. The molecule has 6 nitrogen and oxygen atoms in total. The summed E-state index contributed by atoms with van der Waals surface area (Å²) in [7, 11) is 3.35. The Hall–Kier alpha value is -2.38. The number of carbonyl (C=O) groups excluding carboxylic acids is 1. The molecular weight excluding hydrogens is 421 g/mol. The number of benzene rings is 1. The monoisotopic (exact) mass is 447 g/mol. The minimum atomic E-state index is -0.516. The van der Waals surface area contributed by atoms with Crippen LogP contribution >= 0.6 is 11.6 Å². The maximum Gasteiger partial charge on any atom is 0.200 e. The number of rotatable bonds is 6. The maximum absolute atomic E-state index is 15.4. The molecule has 2 fully saturated rings. The summed E-state index contributed by atoms with van der Waals surface area (Å²) in [5.74, 6) is -0.486. The van der Waals surface area contributed by atoms with Crippen LogP contribution in [-0.2, 0) is 0 Å². The predicted molar refractivity (Wildman–Crippen MR) is 121 cm³/mol. The smallest absolute Gasteiger partial charge is 0.200 e. The molecule has 0 radical (unpaired) electrons. The highest BCUT2D eigenvalue weighted by Gasteiger charge is 2.31. The number of ether oxygens (including phenoxy) is 1. The maximum atomic E-state index is 15.4. The summed E-state index contributed by atoms with van der Waals surface area (Å²) >= 11 is 6.38. The van der Waals surface area contributed by atoms with Gasteiger partial charge in [-0.1, -0.05) is 17.2 Å². The number of ketones is 1. The Kier molecular flexibility index (Phi) is 6.08. The van der Waals surface area contributed by atoms with Crippen molar-refractivity contribution in [1.82, 2.24) is 9.88 Å². The first-order valence-electron chi connectivity index (χ1n) is 10.6. The van der Waals surface area contributed by atoms with E-state index >= 15 is 4.39 Å². The van der Waals surface area contributed by atoms with Crippen molar-refractivity contribution in [3.8, 4) is 5.75 Å². The van der Waals surface area contributed by atoms with Gasteiger partial charge >= 0.3 is 0 Å². The second kappa shape index (κ2) is 8.63. The van der Waals surface area contributed by atoms with Crippen molar-refractivity contribution >= 4 is 34.0 Å². The minimum Gasteiger partial charge on any atom is -0.492 e. The first-order chi connectivity index (χ1) is 14.9. The Morgan fingerprint density at radius 2 is 2.00 bits per heavy atom. The predicted octanol–water partition coefficient (Wildman–Crippen LogP) is 4.00. The lowest BCUT2D eigenvalue weighted by Crippen LogP contribution is -2.32. The SMILES string of the molecule is CNCC(Cl)=C1CCN(c2c(F)cc3c(=O)c(C(C)=O)cn(C4CC4)c3c2OC)CC1. The van der Waals surface area contributed by atoms with Gasteiger partial charge in [0, 0.05) is 36.9 Å². The summed E-state index contributed by atoms with van der Waals surface area (Å²) in [6.45, 7) is 3.19. The number of hydrogen-bond acceptors (Lipinski definition) is 5. The molecule has 1 aromatic carbocycles. The van der Waals surface area contributed by atoms with Crippen LogP contribution in [0.4, 0.5) is 10.1 Å². The lowest BCUT2D eigenvalue weighted by Gasteiger charge is -2.33. The molecule has 0 unspecified atom stereocenters. The van der Waals surface area contributed by atoms with Crippen LogP contribution in [0.2, 0.25) is 0 Å². The van der Waals surface area contributed by atoms with Crippen LogP contribution in [0, 0.1) is 5.82 Å². The lowest BCUT2D eigenvalue weighted by atomic mass is 10.0. The lowest BCUT2D eigenvalue weighted by molar-refractivity contribution is 0.101. The summed E-state index contributed by atoms with van der Waals surface area (Å²) in [5.41, 5.74) is 1.73.